The second-order valence-electron chi connectivity index (χ2n) is 6.72. The lowest BCUT2D eigenvalue weighted by molar-refractivity contribution is 0.0318. The highest BCUT2D eigenvalue weighted by atomic mass is 32.2. The first-order valence-electron chi connectivity index (χ1n) is 8.35. The zero-order valence-electron chi connectivity index (χ0n) is 13.4. The van der Waals surface area contributed by atoms with E-state index in [1.807, 2.05) is 11.8 Å². The summed E-state index contributed by atoms with van der Waals surface area (Å²) >= 11 is 1.97. The molecule has 4 rings (SSSR count). The predicted octanol–water partition coefficient (Wildman–Crippen LogP) is 2.79. The topological polar surface area (TPSA) is 34.5 Å². The quantitative estimate of drug-likeness (QED) is 0.840. The van der Waals surface area contributed by atoms with E-state index >= 15 is 0 Å². The fraction of sp³-hybridized carbons (Fsp3) is 0.706. The third-order valence-electron chi connectivity index (χ3n) is 5.22. The lowest BCUT2D eigenvalue weighted by atomic mass is 10.0. The molecule has 0 aromatic carbocycles. The van der Waals surface area contributed by atoms with Gasteiger partial charge in [-0.05, 0) is 39.2 Å². The van der Waals surface area contributed by atoms with Crippen molar-refractivity contribution in [3.63, 3.8) is 0 Å². The number of rotatable bonds is 2. The Kier molecular flexibility index (Phi) is 3.73. The summed E-state index contributed by atoms with van der Waals surface area (Å²) in [5.41, 5.74) is 3.31. The summed E-state index contributed by atoms with van der Waals surface area (Å²) < 4.78 is 7.96. The summed E-state index contributed by atoms with van der Waals surface area (Å²) in [6, 6.07) is 3.09. The molecule has 0 N–H and O–H groups in total. The van der Waals surface area contributed by atoms with Crippen LogP contribution in [0.1, 0.15) is 47.1 Å². The zero-order chi connectivity index (χ0) is 15.3. The van der Waals surface area contributed by atoms with E-state index in [0.29, 0.717) is 17.3 Å². The lowest BCUT2D eigenvalue weighted by Gasteiger charge is -2.43. The van der Waals surface area contributed by atoms with Crippen LogP contribution in [0.5, 0.6) is 0 Å². The molecule has 4 nitrogen and oxygen atoms in total. The fourth-order valence-corrected chi connectivity index (χ4v) is 5.28. The van der Waals surface area contributed by atoms with Crippen LogP contribution >= 0.6 is 11.8 Å². The minimum absolute atomic E-state index is 0.234. The molecule has 0 radical (unpaired) electrons. The second kappa shape index (κ2) is 5.60. The number of hydrogen-bond donors (Lipinski definition) is 0. The molecule has 120 valence electrons. The molecule has 1 aromatic heterocycles. The van der Waals surface area contributed by atoms with Gasteiger partial charge in [0.1, 0.15) is 0 Å². The molecule has 2 atom stereocenters. The average Bonchev–Trinajstić information content (AvgIpc) is 3.32. The zero-order valence-corrected chi connectivity index (χ0v) is 14.2. The van der Waals surface area contributed by atoms with Crippen LogP contribution in [-0.2, 0) is 4.74 Å². The molecule has 2 unspecified atom stereocenters. The Morgan fingerprint density at radius 2 is 2.14 bits per heavy atom. The number of amides is 1. The van der Waals surface area contributed by atoms with Crippen molar-refractivity contribution in [3.05, 3.63) is 23.0 Å². The van der Waals surface area contributed by atoms with Crippen LogP contribution in [0.15, 0.2) is 6.07 Å². The predicted molar refractivity (Wildman–Crippen MR) is 88.7 cm³/mol. The van der Waals surface area contributed by atoms with Crippen molar-refractivity contribution in [2.45, 2.75) is 50.4 Å². The van der Waals surface area contributed by atoms with Crippen LogP contribution in [0.4, 0.5) is 0 Å². The molecule has 1 aliphatic carbocycles. The van der Waals surface area contributed by atoms with E-state index in [9.17, 15) is 4.79 Å². The van der Waals surface area contributed by atoms with E-state index in [0.717, 1.165) is 43.2 Å². The number of nitrogens with zero attached hydrogens (tertiary/aromatic N) is 2. The second-order valence-corrected chi connectivity index (χ2v) is 8.07. The average molecular weight is 320 g/mol. The third-order valence-corrected chi connectivity index (χ3v) is 6.52. The van der Waals surface area contributed by atoms with Crippen LogP contribution in [0.3, 0.4) is 0 Å². The molecule has 1 saturated carbocycles. The van der Waals surface area contributed by atoms with Gasteiger partial charge in [0.15, 0.2) is 0 Å². The van der Waals surface area contributed by atoms with Crippen molar-refractivity contribution in [2.24, 2.45) is 0 Å². The first-order valence-corrected chi connectivity index (χ1v) is 9.40. The monoisotopic (exact) mass is 320 g/mol. The van der Waals surface area contributed by atoms with Crippen LogP contribution in [0.2, 0.25) is 0 Å². The summed E-state index contributed by atoms with van der Waals surface area (Å²) in [5.74, 6) is 1.26. The SMILES string of the molecule is Cc1cc(C(=O)N2CCSC3COCCC32)c(C)n1C1CC1. The van der Waals surface area contributed by atoms with Gasteiger partial charge in [-0.3, -0.25) is 4.79 Å². The van der Waals surface area contributed by atoms with E-state index < -0.39 is 0 Å². The molecular formula is C17H24N2O2S. The van der Waals surface area contributed by atoms with Gasteiger partial charge in [0, 0.05) is 47.6 Å². The summed E-state index contributed by atoms with van der Waals surface area (Å²) in [6.45, 7) is 6.69. The number of hydrogen-bond acceptors (Lipinski definition) is 3. The fourth-order valence-electron chi connectivity index (χ4n) is 3.98. The maximum Gasteiger partial charge on any atom is 0.255 e. The molecule has 3 heterocycles. The number of fused-ring (bicyclic) bond motifs is 1. The molecule has 1 aromatic rings. The Balaban J connectivity index is 1.62. The number of carbonyl (C=O) groups excluding carboxylic acids is 1. The van der Waals surface area contributed by atoms with Crippen molar-refractivity contribution in [2.75, 3.05) is 25.5 Å². The summed E-state index contributed by atoms with van der Waals surface area (Å²) in [4.78, 5) is 15.3. The first kappa shape index (κ1) is 14.6. The number of thioether (sulfide) groups is 1. The maximum atomic E-state index is 13.1. The normalized spacial score (nSPS) is 28.5. The number of ether oxygens (including phenoxy) is 1. The van der Waals surface area contributed by atoms with E-state index in [2.05, 4.69) is 29.4 Å². The largest absolute Gasteiger partial charge is 0.380 e. The Bertz CT molecular complexity index is 592. The number of aromatic nitrogens is 1. The van der Waals surface area contributed by atoms with E-state index in [1.54, 1.807) is 0 Å². The van der Waals surface area contributed by atoms with E-state index in [4.69, 9.17) is 4.74 Å². The molecule has 1 amide bonds. The molecule has 5 heteroatoms. The minimum Gasteiger partial charge on any atom is -0.380 e. The maximum absolute atomic E-state index is 13.1. The molecule has 22 heavy (non-hydrogen) atoms. The minimum atomic E-state index is 0.234. The Morgan fingerprint density at radius 3 is 2.91 bits per heavy atom. The van der Waals surface area contributed by atoms with Gasteiger partial charge in [-0.1, -0.05) is 0 Å². The molecule has 0 spiro atoms. The van der Waals surface area contributed by atoms with Gasteiger partial charge in [-0.15, -0.1) is 0 Å². The highest BCUT2D eigenvalue weighted by Gasteiger charge is 2.38. The Labute approximate surface area is 136 Å². The lowest BCUT2D eigenvalue weighted by Crippen LogP contribution is -2.54. The van der Waals surface area contributed by atoms with Crippen molar-refractivity contribution < 1.29 is 9.53 Å². The van der Waals surface area contributed by atoms with Gasteiger partial charge in [0.05, 0.1) is 12.2 Å². The summed E-state index contributed by atoms with van der Waals surface area (Å²) in [7, 11) is 0. The van der Waals surface area contributed by atoms with E-state index in [1.165, 1.54) is 18.5 Å². The van der Waals surface area contributed by atoms with Crippen LogP contribution in [0.25, 0.3) is 0 Å². The summed E-state index contributed by atoms with van der Waals surface area (Å²) in [6.07, 6.45) is 3.49. The van der Waals surface area contributed by atoms with E-state index in [-0.39, 0.29) is 5.91 Å². The first-order chi connectivity index (χ1) is 10.7. The molecule has 3 aliphatic rings. The molecule has 3 fully saturated rings. The molecule has 2 aliphatic heterocycles. The van der Waals surface area contributed by atoms with Gasteiger partial charge < -0.3 is 14.2 Å². The Hall–Kier alpha value is -0.940. The van der Waals surface area contributed by atoms with Gasteiger partial charge in [0.2, 0.25) is 0 Å². The van der Waals surface area contributed by atoms with Crippen molar-refractivity contribution in [3.8, 4) is 0 Å². The van der Waals surface area contributed by atoms with Gasteiger partial charge in [0.25, 0.3) is 5.91 Å². The van der Waals surface area contributed by atoms with Gasteiger partial charge in [-0.2, -0.15) is 11.8 Å². The number of aryl methyl sites for hydroxylation is 1. The van der Waals surface area contributed by atoms with Crippen LogP contribution in [-0.4, -0.2) is 52.2 Å². The molecule has 0 bridgehead atoms. The van der Waals surface area contributed by atoms with Crippen molar-refractivity contribution in [1.82, 2.24) is 9.47 Å². The highest BCUT2D eigenvalue weighted by molar-refractivity contribution is 8.00. The third kappa shape index (κ3) is 2.38. The Morgan fingerprint density at radius 1 is 1.32 bits per heavy atom. The highest BCUT2D eigenvalue weighted by Crippen LogP contribution is 2.39. The molecule has 2 saturated heterocycles. The summed E-state index contributed by atoms with van der Waals surface area (Å²) in [5, 5.41) is 0.457. The van der Waals surface area contributed by atoms with Crippen LogP contribution < -0.4 is 0 Å². The number of carbonyl (C=O) groups is 1. The van der Waals surface area contributed by atoms with Crippen molar-refractivity contribution in [1.29, 1.82) is 0 Å². The smallest absolute Gasteiger partial charge is 0.255 e. The van der Waals surface area contributed by atoms with Crippen LogP contribution in [0, 0.1) is 13.8 Å². The van der Waals surface area contributed by atoms with Gasteiger partial charge in [-0.25, -0.2) is 0 Å². The standard InChI is InChI=1S/C17H24N2O2S/c1-11-9-14(12(2)19(11)13-3-4-13)17(20)18-6-8-22-16-10-21-7-5-15(16)18/h9,13,15-16H,3-8,10H2,1-2H3. The van der Waals surface area contributed by atoms with Crippen molar-refractivity contribution >= 4 is 17.7 Å². The van der Waals surface area contributed by atoms with Gasteiger partial charge >= 0.3 is 0 Å². The molecular weight excluding hydrogens is 296 g/mol.